The fraction of sp³-hybridized carbons (Fsp3) is 0.556. The van der Waals surface area contributed by atoms with Gasteiger partial charge in [0.2, 0.25) is 11.9 Å². The van der Waals surface area contributed by atoms with E-state index in [1.807, 2.05) is 18.9 Å². The Labute approximate surface area is 223 Å². The van der Waals surface area contributed by atoms with Gasteiger partial charge in [-0.3, -0.25) is 15.0 Å². The van der Waals surface area contributed by atoms with Crippen LogP contribution in [0.2, 0.25) is 0 Å². The lowest BCUT2D eigenvalue weighted by atomic mass is 9.91. The summed E-state index contributed by atoms with van der Waals surface area (Å²) in [6.45, 7) is 7.06. The molecule has 11 nitrogen and oxygen atoms in total. The molecule has 2 aliphatic heterocycles. The van der Waals surface area contributed by atoms with Crippen LogP contribution in [-0.2, 0) is 9.53 Å². The Morgan fingerprint density at radius 2 is 1.92 bits per heavy atom. The molecule has 0 atom stereocenters. The third-order valence-corrected chi connectivity index (χ3v) is 7.58. The quantitative estimate of drug-likeness (QED) is 0.590. The number of ether oxygens (including phenoxy) is 2. The average molecular weight is 524 g/mol. The average Bonchev–Trinajstić information content (AvgIpc) is 3.44. The van der Waals surface area contributed by atoms with Gasteiger partial charge in [-0.25, -0.2) is 9.99 Å². The van der Waals surface area contributed by atoms with Crippen LogP contribution in [0.5, 0.6) is 5.75 Å². The molecule has 0 radical (unpaired) electrons. The van der Waals surface area contributed by atoms with Gasteiger partial charge >= 0.3 is 0 Å². The second-order valence-corrected chi connectivity index (χ2v) is 10.8. The normalized spacial score (nSPS) is 20.2. The molecule has 0 spiro atoms. The molecule has 3 aliphatic rings. The molecule has 1 aromatic heterocycles. The molecule has 2 amide bonds. The van der Waals surface area contributed by atoms with Crippen molar-refractivity contribution in [1.82, 2.24) is 20.4 Å². The first-order chi connectivity index (χ1) is 18.3. The number of rotatable bonds is 6. The Kier molecular flexibility index (Phi) is 7.40. The first kappa shape index (κ1) is 26.2. The highest BCUT2D eigenvalue weighted by atomic mass is 16.5. The van der Waals surface area contributed by atoms with E-state index in [4.69, 9.17) is 14.5 Å². The fourth-order valence-corrected chi connectivity index (χ4v) is 5.46. The van der Waals surface area contributed by atoms with Gasteiger partial charge in [-0.2, -0.15) is 4.98 Å². The molecule has 0 unspecified atom stereocenters. The first-order valence-corrected chi connectivity index (χ1v) is 13.3. The Morgan fingerprint density at radius 3 is 2.63 bits per heavy atom. The number of carbonyl (C=O) groups excluding carboxylic acids is 2. The van der Waals surface area contributed by atoms with Gasteiger partial charge in [0.05, 0.1) is 37.6 Å². The van der Waals surface area contributed by atoms with Crippen molar-refractivity contribution in [2.45, 2.75) is 45.6 Å². The smallest absolute Gasteiger partial charge is 0.265 e. The van der Waals surface area contributed by atoms with Gasteiger partial charge in [-0.1, -0.05) is 12.8 Å². The summed E-state index contributed by atoms with van der Waals surface area (Å²) >= 11 is 0. The number of aromatic nitrogens is 2. The minimum Gasteiger partial charge on any atom is -0.495 e. The molecule has 38 heavy (non-hydrogen) atoms. The van der Waals surface area contributed by atoms with Crippen LogP contribution in [-0.4, -0.2) is 79.8 Å². The molecule has 1 aliphatic carbocycles. The number of fused-ring (bicyclic) bond motifs is 1. The predicted octanol–water partition coefficient (Wildman–Crippen LogP) is 2.96. The number of nitrogens with zero attached hydrogens (tertiary/aromatic N) is 5. The van der Waals surface area contributed by atoms with Gasteiger partial charge < -0.3 is 24.6 Å². The lowest BCUT2D eigenvalue weighted by Gasteiger charge is -2.34. The zero-order valence-corrected chi connectivity index (χ0v) is 22.6. The maximum Gasteiger partial charge on any atom is 0.265 e. The van der Waals surface area contributed by atoms with E-state index in [0.717, 1.165) is 18.7 Å². The van der Waals surface area contributed by atoms with Crippen molar-refractivity contribution in [3.63, 3.8) is 0 Å². The van der Waals surface area contributed by atoms with Gasteiger partial charge in [0.15, 0.2) is 5.82 Å². The molecule has 1 aromatic carbocycles. The Balaban J connectivity index is 1.41. The first-order valence-electron chi connectivity index (χ1n) is 13.3. The summed E-state index contributed by atoms with van der Waals surface area (Å²) in [4.78, 5) is 39.4. The SMILES string of the molecule is COc1cc(C(=O)NN2CCOCC2)ccc1Nc1ncc2c(n1)N(C1CCCC1)CC(C)(C)C(=O)N2C. The largest absolute Gasteiger partial charge is 0.495 e. The fourth-order valence-electron chi connectivity index (χ4n) is 5.46. The van der Waals surface area contributed by atoms with E-state index in [9.17, 15) is 9.59 Å². The van der Waals surface area contributed by atoms with Crippen molar-refractivity contribution >= 4 is 35.0 Å². The van der Waals surface area contributed by atoms with E-state index in [2.05, 4.69) is 20.6 Å². The maximum atomic E-state index is 13.2. The van der Waals surface area contributed by atoms with Crippen molar-refractivity contribution in [1.29, 1.82) is 0 Å². The number of amides is 2. The summed E-state index contributed by atoms with van der Waals surface area (Å²) in [5, 5.41) is 5.12. The maximum absolute atomic E-state index is 13.2. The molecule has 1 saturated carbocycles. The van der Waals surface area contributed by atoms with E-state index in [-0.39, 0.29) is 11.8 Å². The summed E-state index contributed by atoms with van der Waals surface area (Å²) in [5.41, 5.74) is 4.20. The number of methoxy groups -OCH3 is 1. The zero-order chi connectivity index (χ0) is 26.9. The number of morpholine rings is 1. The molecular weight excluding hydrogens is 486 g/mol. The highest BCUT2D eigenvalue weighted by Crippen LogP contribution is 2.40. The van der Waals surface area contributed by atoms with E-state index < -0.39 is 5.41 Å². The molecule has 1 saturated heterocycles. The number of hydrazine groups is 1. The van der Waals surface area contributed by atoms with Crippen LogP contribution >= 0.6 is 0 Å². The van der Waals surface area contributed by atoms with Crippen LogP contribution in [0.25, 0.3) is 0 Å². The van der Waals surface area contributed by atoms with E-state index in [1.165, 1.54) is 12.8 Å². The third-order valence-electron chi connectivity index (χ3n) is 7.58. The lowest BCUT2D eigenvalue weighted by Crippen LogP contribution is -2.48. The van der Waals surface area contributed by atoms with Crippen molar-refractivity contribution in [2.24, 2.45) is 5.41 Å². The van der Waals surface area contributed by atoms with Gasteiger partial charge in [-0.15, -0.1) is 0 Å². The van der Waals surface area contributed by atoms with Crippen LogP contribution in [0.4, 0.5) is 23.1 Å². The molecule has 204 valence electrons. The van der Waals surface area contributed by atoms with E-state index in [1.54, 1.807) is 43.5 Å². The second-order valence-electron chi connectivity index (χ2n) is 10.8. The van der Waals surface area contributed by atoms with Crippen molar-refractivity contribution in [3.05, 3.63) is 30.0 Å². The number of anilines is 4. The minimum absolute atomic E-state index is 0.0520. The van der Waals surface area contributed by atoms with Crippen molar-refractivity contribution < 1.29 is 19.1 Å². The highest BCUT2D eigenvalue weighted by Gasteiger charge is 2.41. The molecule has 2 N–H and O–H groups in total. The van der Waals surface area contributed by atoms with E-state index in [0.29, 0.717) is 67.5 Å². The molecule has 5 rings (SSSR count). The van der Waals surface area contributed by atoms with Gasteiger partial charge in [0.1, 0.15) is 11.4 Å². The number of carbonyl (C=O) groups is 2. The van der Waals surface area contributed by atoms with Crippen LogP contribution in [0, 0.1) is 5.41 Å². The summed E-state index contributed by atoms with van der Waals surface area (Å²) in [6, 6.07) is 5.56. The predicted molar refractivity (Wildman–Crippen MR) is 145 cm³/mol. The zero-order valence-electron chi connectivity index (χ0n) is 22.6. The molecule has 0 bridgehead atoms. The van der Waals surface area contributed by atoms with Crippen LogP contribution < -0.4 is 25.3 Å². The highest BCUT2D eigenvalue weighted by molar-refractivity contribution is 6.01. The summed E-state index contributed by atoms with van der Waals surface area (Å²) in [5.74, 6) is 1.50. The number of hydrogen-bond donors (Lipinski definition) is 2. The molecule has 2 aromatic rings. The van der Waals surface area contributed by atoms with Gasteiger partial charge in [-0.05, 0) is 44.9 Å². The Morgan fingerprint density at radius 1 is 1.18 bits per heavy atom. The summed E-state index contributed by atoms with van der Waals surface area (Å²) in [7, 11) is 3.35. The lowest BCUT2D eigenvalue weighted by molar-refractivity contribution is -0.125. The monoisotopic (exact) mass is 523 g/mol. The number of nitrogens with one attached hydrogen (secondary N) is 2. The topological polar surface area (TPSA) is 112 Å². The number of hydrogen-bond acceptors (Lipinski definition) is 9. The van der Waals surface area contributed by atoms with Gasteiger partial charge in [0.25, 0.3) is 5.91 Å². The van der Waals surface area contributed by atoms with Crippen molar-refractivity contribution in [3.8, 4) is 5.75 Å². The molecular formula is C27H37N7O4. The van der Waals surface area contributed by atoms with Crippen molar-refractivity contribution in [2.75, 3.05) is 62.1 Å². The Bertz CT molecular complexity index is 1190. The second kappa shape index (κ2) is 10.7. The van der Waals surface area contributed by atoms with Gasteiger partial charge in [0, 0.05) is 38.3 Å². The van der Waals surface area contributed by atoms with Crippen LogP contribution in [0.1, 0.15) is 49.9 Å². The molecule has 2 fully saturated rings. The standard InChI is InChI=1S/C27H37N7O4/c1-27(2)17-34(19-7-5-6-8-19)23-21(32(3)25(27)36)16-28-26(30-23)29-20-10-9-18(15-22(20)37-4)24(35)31-33-11-13-38-14-12-33/h9-10,15-16,19H,5-8,11-14,17H2,1-4H3,(H,31,35)(H,28,29,30). The summed E-state index contributed by atoms with van der Waals surface area (Å²) in [6.07, 6.45) is 6.24. The van der Waals surface area contributed by atoms with Crippen LogP contribution in [0.3, 0.4) is 0 Å². The van der Waals surface area contributed by atoms with Crippen LogP contribution in [0.15, 0.2) is 24.4 Å². The molecule has 11 heteroatoms. The van der Waals surface area contributed by atoms with E-state index >= 15 is 0 Å². The number of benzene rings is 1. The third kappa shape index (κ3) is 5.25. The molecule has 3 heterocycles. The Hall–Kier alpha value is -3.44. The summed E-state index contributed by atoms with van der Waals surface area (Å²) < 4.78 is 10.9. The minimum atomic E-state index is -0.549.